The van der Waals surface area contributed by atoms with E-state index in [-0.39, 0.29) is 77.0 Å². The van der Waals surface area contributed by atoms with Crippen LogP contribution in [0.1, 0.15) is 38.9 Å². The molecule has 1 aliphatic heterocycles. The van der Waals surface area contributed by atoms with Crippen molar-refractivity contribution in [3.63, 3.8) is 0 Å². The second kappa shape index (κ2) is 12.6. The molecule has 0 bridgehead atoms. The highest BCUT2D eigenvalue weighted by molar-refractivity contribution is 5.92. The summed E-state index contributed by atoms with van der Waals surface area (Å²) in [6.07, 6.45) is -3.04. The number of nitriles is 1. The number of imidazole rings is 1. The van der Waals surface area contributed by atoms with Crippen LogP contribution in [0.5, 0.6) is 5.88 Å². The molecule has 8 nitrogen and oxygen atoms in total. The van der Waals surface area contributed by atoms with Gasteiger partial charge in [0.2, 0.25) is 12.3 Å². The molecule has 6 rings (SSSR count). The number of carboxylic acids is 1. The van der Waals surface area contributed by atoms with E-state index in [1.54, 1.807) is 0 Å². The number of carbonyl (C=O) groups is 1. The lowest BCUT2D eigenvalue weighted by Crippen LogP contribution is -2.25. The number of carboxylic acid groups (broad SMARTS) is 1. The maximum absolute atomic E-state index is 15.6. The molecule has 5 aromatic rings. The van der Waals surface area contributed by atoms with E-state index in [0.29, 0.717) is 5.52 Å². The summed E-state index contributed by atoms with van der Waals surface area (Å²) in [5.74, 6) is -4.58. The minimum absolute atomic E-state index is 0.0203. The third-order valence-corrected chi connectivity index (χ3v) is 7.80. The van der Waals surface area contributed by atoms with Crippen molar-refractivity contribution in [3.8, 4) is 23.2 Å². The van der Waals surface area contributed by atoms with Crippen LogP contribution in [0.15, 0.2) is 66.7 Å². The smallest absolute Gasteiger partial charge is 0.335 e. The zero-order valence-electron chi connectivity index (χ0n) is 23.8. The second-order valence-electron chi connectivity index (χ2n) is 10.7. The summed E-state index contributed by atoms with van der Waals surface area (Å²) in [6.45, 7) is -0.546. The average Bonchev–Trinajstić information content (AvgIpc) is 3.66. The fourth-order valence-corrected chi connectivity index (χ4v) is 5.46. The topological polar surface area (TPSA) is 110 Å². The van der Waals surface area contributed by atoms with Crippen LogP contribution < -0.4 is 4.74 Å². The summed E-state index contributed by atoms with van der Waals surface area (Å²) in [5.41, 5.74) is 0.533. The normalized spacial score (nSPS) is 16.2. The van der Waals surface area contributed by atoms with Gasteiger partial charge in [0.25, 0.3) is 0 Å². The summed E-state index contributed by atoms with van der Waals surface area (Å²) < 4.78 is 85.5. The van der Waals surface area contributed by atoms with Crippen LogP contribution >= 0.6 is 0 Å². The van der Waals surface area contributed by atoms with Crippen LogP contribution in [0, 0.1) is 34.7 Å². The molecule has 234 valence electrons. The van der Waals surface area contributed by atoms with Crippen LogP contribution in [-0.4, -0.2) is 45.3 Å². The van der Waals surface area contributed by atoms with Gasteiger partial charge < -0.3 is 19.1 Å². The molecule has 2 atom stereocenters. The summed E-state index contributed by atoms with van der Waals surface area (Å²) in [7, 11) is 0. The Morgan fingerprint density at radius 3 is 2.54 bits per heavy atom. The Balaban J connectivity index is 1.30. The number of ether oxygens (including phenoxy) is 2. The van der Waals surface area contributed by atoms with Gasteiger partial charge in [0.05, 0.1) is 59.1 Å². The van der Waals surface area contributed by atoms with Crippen LogP contribution in [-0.2, 0) is 17.8 Å². The van der Waals surface area contributed by atoms with Gasteiger partial charge in [-0.05, 0) is 54.1 Å². The number of aromatic carboxylic acids is 1. The first-order chi connectivity index (χ1) is 22.1. The van der Waals surface area contributed by atoms with Crippen LogP contribution in [0.3, 0.4) is 0 Å². The van der Waals surface area contributed by atoms with Gasteiger partial charge in [0.15, 0.2) is 0 Å². The highest BCUT2D eigenvalue weighted by atomic mass is 19.3. The lowest BCUT2D eigenvalue weighted by molar-refractivity contribution is 0.0555. The van der Waals surface area contributed by atoms with Crippen molar-refractivity contribution in [1.82, 2.24) is 14.5 Å². The molecule has 0 spiro atoms. The number of hydrogen-bond donors (Lipinski definition) is 1. The van der Waals surface area contributed by atoms with E-state index >= 15 is 8.78 Å². The van der Waals surface area contributed by atoms with E-state index < -0.39 is 41.8 Å². The van der Waals surface area contributed by atoms with Crippen molar-refractivity contribution in [3.05, 3.63) is 112 Å². The number of nitrogens with zero attached hydrogens (tertiary/aromatic N) is 4. The predicted octanol–water partition coefficient (Wildman–Crippen LogP) is 6.71. The zero-order chi connectivity index (χ0) is 32.5. The summed E-state index contributed by atoms with van der Waals surface area (Å²) in [4.78, 5) is 20.3. The molecule has 0 aliphatic carbocycles. The molecule has 2 aromatic heterocycles. The molecule has 1 fully saturated rings. The van der Waals surface area contributed by atoms with E-state index in [4.69, 9.17) is 14.7 Å². The van der Waals surface area contributed by atoms with E-state index in [9.17, 15) is 23.1 Å². The third kappa shape index (κ3) is 5.99. The first-order valence-electron chi connectivity index (χ1n) is 14.0. The molecule has 0 radical (unpaired) electrons. The fraction of sp³-hybridized carbons (Fsp3) is 0.212. The molecule has 1 N–H and O–H groups in total. The number of rotatable bonds is 9. The molecule has 0 unspecified atom stereocenters. The number of benzene rings is 3. The largest absolute Gasteiger partial charge is 0.478 e. The molecule has 1 saturated heterocycles. The fourth-order valence-electron chi connectivity index (χ4n) is 5.46. The van der Waals surface area contributed by atoms with Gasteiger partial charge in [-0.3, -0.25) is 0 Å². The quantitative estimate of drug-likeness (QED) is 0.180. The number of hydrogen-bond acceptors (Lipinski definition) is 6. The van der Waals surface area contributed by atoms with Gasteiger partial charge in [0.1, 0.15) is 29.9 Å². The number of halogens is 5. The van der Waals surface area contributed by atoms with Crippen molar-refractivity contribution >= 4 is 17.0 Å². The molecule has 0 amide bonds. The summed E-state index contributed by atoms with van der Waals surface area (Å²) >= 11 is 0. The first kappa shape index (κ1) is 30.7. The Morgan fingerprint density at radius 2 is 1.80 bits per heavy atom. The van der Waals surface area contributed by atoms with Gasteiger partial charge in [-0.25, -0.2) is 36.7 Å². The van der Waals surface area contributed by atoms with Gasteiger partial charge in [0, 0.05) is 23.6 Å². The monoisotopic (exact) mass is 634 g/mol. The Morgan fingerprint density at radius 1 is 1.00 bits per heavy atom. The molecule has 1 aliphatic rings. The van der Waals surface area contributed by atoms with Gasteiger partial charge in [-0.2, -0.15) is 5.26 Å². The molecule has 0 saturated carbocycles. The first-order valence-corrected chi connectivity index (χ1v) is 14.0. The SMILES string of the molecule is N#Cc1ccc(COc2cccc(-c3cc(F)c(Cc4nc5ccc(C(=O)O)cc5n4[C@H]4COC[C@H]4C(F)F)cc3F)n2)c(F)c1. The minimum atomic E-state index is -2.75. The van der Waals surface area contributed by atoms with Crippen LogP contribution in [0.4, 0.5) is 22.0 Å². The molecular formula is C33H23F5N4O4. The Hall–Kier alpha value is -5.35. The number of alkyl halides is 2. The van der Waals surface area contributed by atoms with Gasteiger partial charge >= 0.3 is 5.97 Å². The summed E-state index contributed by atoms with van der Waals surface area (Å²) in [5, 5.41) is 18.4. The van der Waals surface area contributed by atoms with E-state index in [1.807, 2.05) is 6.07 Å². The van der Waals surface area contributed by atoms with Gasteiger partial charge in [-0.15, -0.1) is 0 Å². The van der Waals surface area contributed by atoms with Crippen molar-refractivity contribution in [2.75, 3.05) is 13.2 Å². The van der Waals surface area contributed by atoms with E-state index in [1.165, 1.54) is 53.1 Å². The van der Waals surface area contributed by atoms with Crippen molar-refractivity contribution in [1.29, 1.82) is 5.26 Å². The van der Waals surface area contributed by atoms with E-state index in [0.717, 1.165) is 18.2 Å². The van der Waals surface area contributed by atoms with Crippen molar-refractivity contribution < 1.29 is 41.3 Å². The Bertz CT molecular complexity index is 2010. The average molecular weight is 635 g/mol. The number of pyridine rings is 1. The van der Waals surface area contributed by atoms with Gasteiger partial charge in [-0.1, -0.05) is 12.1 Å². The second-order valence-corrected chi connectivity index (χ2v) is 10.7. The summed E-state index contributed by atoms with van der Waals surface area (Å²) in [6, 6.07) is 15.2. The molecule has 13 heteroatoms. The minimum Gasteiger partial charge on any atom is -0.478 e. The molecular weight excluding hydrogens is 611 g/mol. The molecule has 3 aromatic carbocycles. The zero-order valence-corrected chi connectivity index (χ0v) is 23.8. The molecule has 3 heterocycles. The number of fused-ring (bicyclic) bond motifs is 1. The van der Waals surface area contributed by atoms with Crippen LogP contribution in [0.25, 0.3) is 22.3 Å². The lowest BCUT2D eigenvalue weighted by Gasteiger charge is -2.22. The predicted molar refractivity (Wildman–Crippen MR) is 154 cm³/mol. The Kier molecular flexibility index (Phi) is 8.38. The van der Waals surface area contributed by atoms with Crippen molar-refractivity contribution in [2.24, 2.45) is 5.92 Å². The van der Waals surface area contributed by atoms with E-state index in [2.05, 4.69) is 9.97 Å². The van der Waals surface area contributed by atoms with Crippen molar-refractivity contribution in [2.45, 2.75) is 25.5 Å². The Labute approximate surface area is 258 Å². The standard InChI is InChI=1S/C33H23F5N4O4/c34-23-8-17(13-39)4-5-19(23)14-46-31-3-1-2-26(41-31)21-12-24(35)20(9-25(21)36)11-30-40-27-7-6-18(33(43)44)10-28(27)42(30)29-16-45-15-22(29)32(37)38/h1-10,12,22,29,32H,11,14-16H2,(H,43,44)/t22-,29+/m1/s1. The maximum Gasteiger partial charge on any atom is 0.335 e. The van der Waals surface area contributed by atoms with Crippen LogP contribution in [0.2, 0.25) is 0 Å². The molecule has 46 heavy (non-hydrogen) atoms. The third-order valence-electron chi connectivity index (χ3n) is 7.80. The number of aromatic nitrogens is 3. The highest BCUT2D eigenvalue weighted by Gasteiger charge is 2.38. The lowest BCUT2D eigenvalue weighted by atomic mass is 10.0. The maximum atomic E-state index is 15.6. The highest BCUT2D eigenvalue weighted by Crippen LogP contribution is 2.36.